The van der Waals surface area contributed by atoms with Gasteiger partial charge in [0.25, 0.3) is 0 Å². The van der Waals surface area contributed by atoms with Gasteiger partial charge >= 0.3 is 0 Å². The van der Waals surface area contributed by atoms with Gasteiger partial charge in [0.15, 0.2) is 11.5 Å². The Morgan fingerprint density at radius 2 is 1.82 bits per heavy atom. The highest BCUT2D eigenvalue weighted by atomic mass is 32.1. The van der Waals surface area contributed by atoms with Crippen molar-refractivity contribution in [3.05, 3.63) is 75.7 Å². The molecule has 140 valence electrons. The lowest BCUT2D eigenvalue weighted by Gasteiger charge is -2.14. The second-order valence-corrected chi connectivity index (χ2v) is 8.18. The zero-order valence-corrected chi connectivity index (χ0v) is 15.8. The van der Waals surface area contributed by atoms with Gasteiger partial charge in [-0.15, -0.1) is 11.3 Å². The van der Waals surface area contributed by atoms with E-state index in [1.807, 2.05) is 36.4 Å². The van der Waals surface area contributed by atoms with Crippen LogP contribution in [0.2, 0.25) is 0 Å². The first-order valence-corrected chi connectivity index (χ1v) is 9.95. The maximum Gasteiger partial charge on any atom is 0.231 e. The molecule has 1 aromatic heterocycles. The fraction of sp³-hybridized carbons (Fsp3) is 0.227. The number of ketones is 2. The normalized spacial score (nSPS) is 16.0. The third kappa shape index (κ3) is 2.90. The van der Waals surface area contributed by atoms with E-state index >= 15 is 0 Å². The van der Waals surface area contributed by atoms with Crippen LogP contribution >= 0.6 is 11.3 Å². The Morgan fingerprint density at radius 3 is 2.61 bits per heavy atom. The van der Waals surface area contributed by atoms with Crippen LogP contribution in [0.15, 0.2) is 54.7 Å². The molecule has 0 unspecified atom stereocenters. The summed E-state index contributed by atoms with van der Waals surface area (Å²) in [5.41, 5.74) is 1.14. The number of fused-ring (bicyclic) bond motifs is 1. The van der Waals surface area contributed by atoms with E-state index in [-0.39, 0.29) is 24.8 Å². The van der Waals surface area contributed by atoms with Crippen molar-refractivity contribution in [3.8, 4) is 11.5 Å². The summed E-state index contributed by atoms with van der Waals surface area (Å²) in [5.74, 6) is 1.49. The van der Waals surface area contributed by atoms with Gasteiger partial charge in [-0.2, -0.15) is 0 Å². The van der Waals surface area contributed by atoms with Gasteiger partial charge in [-0.25, -0.2) is 4.98 Å². The summed E-state index contributed by atoms with van der Waals surface area (Å²) in [6.07, 6.45) is 3.46. The highest BCUT2D eigenvalue weighted by molar-refractivity contribution is 7.13. The molecule has 2 heterocycles. The van der Waals surface area contributed by atoms with Crippen LogP contribution in [0.1, 0.15) is 38.6 Å². The quantitative estimate of drug-likeness (QED) is 0.596. The van der Waals surface area contributed by atoms with E-state index in [0.717, 1.165) is 24.2 Å². The molecular formula is C22H17NO4S. The second kappa shape index (κ2) is 6.56. The van der Waals surface area contributed by atoms with E-state index in [0.29, 0.717) is 21.2 Å². The number of carbonyl (C=O) groups is 2. The Hall–Kier alpha value is -2.99. The molecule has 3 aromatic rings. The maximum atomic E-state index is 13.1. The molecule has 0 radical (unpaired) electrons. The average molecular weight is 391 g/mol. The number of hydrogen-bond donors (Lipinski definition) is 0. The number of thiazole rings is 1. The molecule has 0 atom stereocenters. The molecule has 1 aliphatic carbocycles. The van der Waals surface area contributed by atoms with Crippen molar-refractivity contribution in [2.45, 2.75) is 24.7 Å². The maximum absolute atomic E-state index is 13.1. The van der Waals surface area contributed by atoms with Crippen molar-refractivity contribution in [1.82, 2.24) is 4.98 Å². The van der Waals surface area contributed by atoms with E-state index in [9.17, 15) is 9.59 Å². The Kier molecular flexibility index (Phi) is 4.02. The molecule has 1 fully saturated rings. The summed E-state index contributed by atoms with van der Waals surface area (Å²) in [7, 11) is 0. The van der Waals surface area contributed by atoms with Crippen LogP contribution in [-0.2, 0) is 16.6 Å². The molecular weight excluding hydrogens is 374 g/mol. The molecule has 0 amide bonds. The average Bonchev–Trinajstić information content (AvgIpc) is 3.19. The molecule has 1 aliphatic heterocycles. The van der Waals surface area contributed by atoms with E-state index in [1.165, 1.54) is 11.3 Å². The SMILES string of the molecule is O=C(c1ccccc1)c1cnc(CC(=O)C2(c3ccc4c(c3)OCO4)CC2)s1. The molecule has 5 nitrogen and oxygen atoms in total. The lowest BCUT2D eigenvalue weighted by Crippen LogP contribution is -2.22. The molecule has 5 rings (SSSR count). The Balaban J connectivity index is 1.34. The molecule has 2 aliphatic rings. The van der Waals surface area contributed by atoms with Crippen molar-refractivity contribution in [3.63, 3.8) is 0 Å². The number of benzene rings is 2. The highest BCUT2D eigenvalue weighted by Crippen LogP contribution is 2.51. The minimum Gasteiger partial charge on any atom is -0.454 e. The van der Waals surface area contributed by atoms with Crippen LogP contribution in [-0.4, -0.2) is 23.3 Å². The molecule has 1 saturated carbocycles. The fourth-order valence-corrected chi connectivity index (χ4v) is 4.46. The summed E-state index contributed by atoms with van der Waals surface area (Å²) in [4.78, 5) is 30.5. The molecule has 28 heavy (non-hydrogen) atoms. The van der Waals surface area contributed by atoms with E-state index in [1.54, 1.807) is 18.3 Å². The number of aromatic nitrogens is 1. The second-order valence-electron chi connectivity index (χ2n) is 7.06. The van der Waals surface area contributed by atoms with Gasteiger partial charge in [0.05, 0.1) is 16.7 Å². The van der Waals surface area contributed by atoms with Crippen LogP contribution in [0, 0.1) is 0 Å². The lowest BCUT2D eigenvalue weighted by atomic mass is 9.89. The van der Waals surface area contributed by atoms with Crippen LogP contribution in [0.5, 0.6) is 11.5 Å². The molecule has 2 aromatic carbocycles. The monoisotopic (exact) mass is 391 g/mol. The van der Waals surface area contributed by atoms with Gasteiger partial charge < -0.3 is 9.47 Å². The first-order valence-electron chi connectivity index (χ1n) is 9.14. The lowest BCUT2D eigenvalue weighted by molar-refractivity contribution is -0.120. The third-order valence-corrected chi connectivity index (χ3v) is 6.33. The first-order chi connectivity index (χ1) is 13.7. The molecule has 0 bridgehead atoms. The van der Waals surface area contributed by atoms with E-state index in [4.69, 9.17) is 9.47 Å². The zero-order chi connectivity index (χ0) is 19.1. The fourth-order valence-electron chi connectivity index (χ4n) is 3.58. The Morgan fingerprint density at radius 1 is 1.04 bits per heavy atom. The minimum absolute atomic E-state index is 0.0614. The summed E-state index contributed by atoms with van der Waals surface area (Å²) in [6.45, 7) is 0.219. The summed E-state index contributed by atoms with van der Waals surface area (Å²) in [5, 5.41) is 0.677. The predicted octanol–water partition coefficient (Wildman–Crippen LogP) is 3.95. The predicted molar refractivity (Wildman–Crippen MR) is 104 cm³/mol. The number of nitrogens with zero attached hydrogens (tertiary/aromatic N) is 1. The van der Waals surface area contributed by atoms with Crippen molar-refractivity contribution < 1.29 is 19.1 Å². The largest absolute Gasteiger partial charge is 0.454 e. The van der Waals surface area contributed by atoms with Gasteiger partial charge in [0.1, 0.15) is 10.8 Å². The van der Waals surface area contributed by atoms with Crippen molar-refractivity contribution in [2.75, 3.05) is 6.79 Å². The minimum atomic E-state index is -0.462. The van der Waals surface area contributed by atoms with Gasteiger partial charge in [-0.05, 0) is 30.5 Å². The molecule has 0 N–H and O–H groups in total. The van der Waals surface area contributed by atoms with Gasteiger partial charge in [0.2, 0.25) is 12.6 Å². The number of Topliss-reactive ketones (excluding diaryl/α,β-unsaturated/α-hetero) is 1. The first kappa shape index (κ1) is 17.1. The van der Waals surface area contributed by atoms with Crippen LogP contribution in [0.25, 0.3) is 0 Å². The van der Waals surface area contributed by atoms with Gasteiger partial charge in [0, 0.05) is 11.8 Å². The highest BCUT2D eigenvalue weighted by Gasteiger charge is 2.51. The van der Waals surface area contributed by atoms with E-state index in [2.05, 4.69) is 4.98 Å². The number of carbonyl (C=O) groups excluding carboxylic acids is 2. The van der Waals surface area contributed by atoms with E-state index < -0.39 is 5.41 Å². The molecule has 0 spiro atoms. The number of ether oxygens (including phenoxy) is 2. The zero-order valence-electron chi connectivity index (χ0n) is 15.0. The number of hydrogen-bond acceptors (Lipinski definition) is 6. The number of rotatable bonds is 6. The molecule has 6 heteroatoms. The van der Waals surface area contributed by atoms with Crippen LogP contribution < -0.4 is 9.47 Å². The van der Waals surface area contributed by atoms with Crippen LogP contribution in [0.4, 0.5) is 0 Å². The topological polar surface area (TPSA) is 65.5 Å². The Labute approximate surface area is 165 Å². The van der Waals surface area contributed by atoms with Crippen molar-refractivity contribution >= 4 is 22.9 Å². The van der Waals surface area contributed by atoms with Crippen LogP contribution in [0.3, 0.4) is 0 Å². The third-order valence-electron chi connectivity index (χ3n) is 5.33. The summed E-state index contributed by atoms with van der Waals surface area (Å²) in [6, 6.07) is 14.8. The van der Waals surface area contributed by atoms with Crippen molar-refractivity contribution in [2.24, 2.45) is 0 Å². The van der Waals surface area contributed by atoms with Crippen molar-refractivity contribution in [1.29, 1.82) is 0 Å². The molecule has 0 saturated heterocycles. The van der Waals surface area contributed by atoms with Gasteiger partial charge in [-0.3, -0.25) is 9.59 Å². The summed E-state index contributed by atoms with van der Waals surface area (Å²) < 4.78 is 10.8. The Bertz CT molecular complexity index is 1070. The van der Waals surface area contributed by atoms with Gasteiger partial charge in [-0.1, -0.05) is 36.4 Å². The summed E-state index contributed by atoms with van der Waals surface area (Å²) >= 11 is 1.30. The standard InChI is InChI=1S/C22H17NO4S/c24-19(22(8-9-22)15-6-7-16-17(10-15)27-13-26-16)11-20-23-12-18(28-20)21(25)14-4-2-1-3-5-14/h1-7,10,12H,8-9,11,13H2. The smallest absolute Gasteiger partial charge is 0.231 e.